The summed E-state index contributed by atoms with van der Waals surface area (Å²) < 4.78 is 5.15. The molecule has 0 bridgehead atoms. The summed E-state index contributed by atoms with van der Waals surface area (Å²) in [4.78, 5) is 19.8. The molecule has 3 heterocycles. The topological polar surface area (TPSA) is 95.7 Å². The van der Waals surface area contributed by atoms with Crippen molar-refractivity contribution in [2.75, 3.05) is 13.7 Å². The van der Waals surface area contributed by atoms with Gasteiger partial charge in [0.2, 0.25) is 0 Å². The molecular weight excluding hydrogens is 342 g/mol. The molecule has 1 amide bonds. The number of carbonyl (C=O) groups is 1. The maximum Gasteiger partial charge on any atom is 0.253 e. The molecule has 7 heteroatoms. The molecule has 3 aromatic heterocycles. The van der Waals surface area contributed by atoms with Crippen molar-refractivity contribution in [3.8, 4) is 11.4 Å². The molecule has 138 valence electrons. The van der Waals surface area contributed by atoms with Crippen LogP contribution >= 0.6 is 0 Å². The average Bonchev–Trinajstić information content (AvgIpc) is 3.32. The SMILES string of the molecule is C=C/C=C(\C=C(/C)OC)CNC(=O)c1c[nH]c(-c2[nH]nc3ncccc23)c1. The molecule has 0 saturated heterocycles. The van der Waals surface area contributed by atoms with Crippen LogP contribution in [0.3, 0.4) is 0 Å². The number of allylic oxidation sites excluding steroid dienone is 3. The van der Waals surface area contributed by atoms with Crippen LogP contribution in [0.15, 0.2) is 66.7 Å². The number of rotatable bonds is 7. The third kappa shape index (κ3) is 4.14. The second kappa shape index (κ2) is 8.18. The molecule has 0 aromatic carbocycles. The summed E-state index contributed by atoms with van der Waals surface area (Å²) in [6.45, 7) is 5.91. The van der Waals surface area contributed by atoms with Crippen LogP contribution in [-0.4, -0.2) is 39.7 Å². The van der Waals surface area contributed by atoms with Gasteiger partial charge in [0.05, 0.1) is 29.8 Å². The van der Waals surface area contributed by atoms with Gasteiger partial charge in [-0.3, -0.25) is 9.89 Å². The number of nitrogens with one attached hydrogen (secondary N) is 3. The van der Waals surface area contributed by atoms with E-state index in [0.29, 0.717) is 17.8 Å². The first-order valence-electron chi connectivity index (χ1n) is 8.42. The highest BCUT2D eigenvalue weighted by Crippen LogP contribution is 2.24. The van der Waals surface area contributed by atoms with Crippen LogP contribution in [0.4, 0.5) is 0 Å². The number of aromatic amines is 2. The number of carbonyl (C=O) groups excluding carboxylic acids is 1. The van der Waals surface area contributed by atoms with E-state index in [1.807, 2.05) is 31.2 Å². The molecule has 27 heavy (non-hydrogen) atoms. The molecular formula is C20H21N5O2. The minimum absolute atomic E-state index is 0.183. The van der Waals surface area contributed by atoms with Crippen LogP contribution < -0.4 is 5.32 Å². The lowest BCUT2D eigenvalue weighted by Crippen LogP contribution is -2.24. The number of methoxy groups -OCH3 is 1. The molecule has 0 aliphatic carbocycles. The summed E-state index contributed by atoms with van der Waals surface area (Å²) in [5.74, 6) is 0.568. The zero-order chi connectivity index (χ0) is 19.2. The van der Waals surface area contributed by atoms with E-state index < -0.39 is 0 Å². The Hall–Kier alpha value is -3.61. The Labute approximate surface area is 156 Å². The maximum atomic E-state index is 12.5. The highest BCUT2D eigenvalue weighted by molar-refractivity contribution is 5.97. The van der Waals surface area contributed by atoms with E-state index >= 15 is 0 Å². The van der Waals surface area contributed by atoms with E-state index in [0.717, 1.165) is 28.1 Å². The predicted molar refractivity (Wildman–Crippen MR) is 105 cm³/mol. The Morgan fingerprint density at radius 2 is 2.30 bits per heavy atom. The number of H-pyrrole nitrogens is 2. The van der Waals surface area contributed by atoms with Crippen LogP contribution in [0, 0.1) is 0 Å². The van der Waals surface area contributed by atoms with Crippen molar-refractivity contribution in [2.45, 2.75) is 6.92 Å². The third-order valence-electron chi connectivity index (χ3n) is 4.04. The van der Waals surface area contributed by atoms with Crippen LogP contribution in [0.25, 0.3) is 22.4 Å². The highest BCUT2D eigenvalue weighted by atomic mass is 16.5. The normalized spacial score (nSPS) is 12.2. The standard InChI is InChI=1S/C20H21N5O2/c1-4-6-14(9-13(2)27-3)11-23-20(26)15-10-17(22-12-15)18-16-7-5-8-21-19(16)25-24-18/h4-10,12,22H,1,11H2,2-3H3,(H,23,26)(H,21,24,25)/b13-9+,14-6+. The third-order valence-corrected chi connectivity index (χ3v) is 4.04. The van der Waals surface area contributed by atoms with Gasteiger partial charge >= 0.3 is 0 Å². The van der Waals surface area contributed by atoms with Crippen molar-refractivity contribution in [3.05, 3.63) is 72.3 Å². The summed E-state index contributed by atoms with van der Waals surface area (Å²) in [7, 11) is 1.60. The highest BCUT2D eigenvalue weighted by Gasteiger charge is 2.13. The quantitative estimate of drug-likeness (QED) is 0.443. The molecule has 7 nitrogen and oxygen atoms in total. The van der Waals surface area contributed by atoms with Crippen molar-refractivity contribution in [3.63, 3.8) is 0 Å². The van der Waals surface area contributed by atoms with Gasteiger partial charge in [-0.1, -0.05) is 18.7 Å². The lowest BCUT2D eigenvalue weighted by molar-refractivity contribution is 0.0957. The van der Waals surface area contributed by atoms with Gasteiger partial charge in [-0.05, 0) is 36.8 Å². The minimum atomic E-state index is -0.183. The first-order valence-corrected chi connectivity index (χ1v) is 8.42. The van der Waals surface area contributed by atoms with Crippen molar-refractivity contribution >= 4 is 16.9 Å². The monoisotopic (exact) mass is 363 g/mol. The lowest BCUT2D eigenvalue weighted by Gasteiger charge is -2.06. The van der Waals surface area contributed by atoms with E-state index in [9.17, 15) is 4.79 Å². The molecule has 0 unspecified atom stereocenters. The van der Waals surface area contributed by atoms with Crippen LogP contribution in [0.1, 0.15) is 17.3 Å². The molecule has 0 saturated carbocycles. The molecule has 0 spiro atoms. The summed E-state index contributed by atoms with van der Waals surface area (Å²) >= 11 is 0. The van der Waals surface area contributed by atoms with E-state index in [1.165, 1.54) is 0 Å². The van der Waals surface area contributed by atoms with E-state index in [1.54, 1.807) is 31.6 Å². The molecule has 0 atom stereocenters. The first-order chi connectivity index (χ1) is 13.1. The lowest BCUT2D eigenvalue weighted by atomic mass is 10.2. The van der Waals surface area contributed by atoms with Crippen LogP contribution in [0.2, 0.25) is 0 Å². The van der Waals surface area contributed by atoms with Gasteiger partial charge in [0, 0.05) is 24.3 Å². The van der Waals surface area contributed by atoms with E-state index in [2.05, 4.69) is 32.1 Å². The van der Waals surface area contributed by atoms with Gasteiger partial charge in [0.25, 0.3) is 5.91 Å². The van der Waals surface area contributed by atoms with Crippen molar-refractivity contribution < 1.29 is 9.53 Å². The molecule has 0 radical (unpaired) electrons. The maximum absolute atomic E-state index is 12.5. The molecule has 3 rings (SSSR count). The number of ether oxygens (including phenoxy) is 1. The molecule has 3 aromatic rings. The van der Waals surface area contributed by atoms with Gasteiger partial charge in [-0.2, -0.15) is 5.10 Å². The fraction of sp³-hybridized carbons (Fsp3) is 0.150. The zero-order valence-electron chi connectivity index (χ0n) is 15.2. The van der Waals surface area contributed by atoms with Gasteiger partial charge < -0.3 is 15.0 Å². The molecule has 0 aliphatic heterocycles. The zero-order valence-corrected chi connectivity index (χ0v) is 15.2. The fourth-order valence-corrected chi connectivity index (χ4v) is 2.64. The Morgan fingerprint density at radius 3 is 3.07 bits per heavy atom. The molecule has 0 fully saturated rings. The number of pyridine rings is 1. The minimum Gasteiger partial charge on any atom is -0.501 e. The summed E-state index contributed by atoms with van der Waals surface area (Å²) in [5, 5.41) is 10.9. The Kier molecular flexibility index (Phi) is 5.51. The van der Waals surface area contributed by atoms with E-state index in [4.69, 9.17) is 4.74 Å². The van der Waals surface area contributed by atoms with Crippen LogP contribution in [-0.2, 0) is 4.74 Å². The second-order valence-corrected chi connectivity index (χ2v) is 5.89. The van der Waals surface area contributed by atoms with Crippen molar-refractivity contribution in [1.29, 1.82) is 0 Å². The molecule has 3 N–H and O–H groups in total. The molecule has 0 aliphatic rings. The summed E-state index contributed by atoms with van der Waals surface area (Å²) in [6.07, 6.45) is 8.71. The Balaban J connectivity index is 1.73. The first kappa shape index (κ1) is 18.2. The van der Waals surface area contributed by atoms with Gasteiger partial charge in [0.15, 0.2) is 5.65 Å². The average molecular weight is 363 g/mol. The van der Waals surface area contributed by atoms with Crippen molar-refractivity contribution in [1.82, 2.24) is 25.5 Å². The van der Waals surface area contributed by atoms with Crippen molar-refractivity contribution in [2.24, 2.45) is 0 Å². The van der Waals surface area contributed by atoms with Gasteiger partial charge in [0.1, 0.15) is 0 Å². The van der Waals surface area contributed by atoms with E-state index in [-0.39, 0.29) is 5.91 Å². The fourth-order valence-electron chi connectivity index (χ4n) is 2.64. The second-order valence-electron chi connectivity index (χ2n) is 5.89. The smallest absolute Gasteiger partial charge is 0.253 e. The number of amides is 1. The summed E-state index contributed by atoms with van der Waals surface area (Å²) in [6, 6.07) is 5.56. The summed E-state index contributed by atoms with van der Waals surface area (Å²) in [5.41, 5.74) is 3.62. The van der Waals surface area contributed by atoms with Gasteiger partial charge in [-0.15, -0.1) is 0 Å². The number of aromatic nitrogens is 4. The number of fused-ring (bicyclic) bond motifs is 1. The van der Waals surface area contributed by atoms with Gasteiger partial charge in [-0.25, -0.2) is 4.98 Å². The number of hydrogen-bond acceptors (Lipinski definition) is 4. The Morgan fingerprint density at radius 1 is 1.44 bits per heavy atom. The largest absolute Gasteiger partial charge is 0.501 e. The predicted octanol–water partition coefficient (Wildman–Crippen LogP) is 3.35. The van der Waals surface area contributed by atoms with Crippen LogP contribution in [0.5, 0.6) is 0 Å². The number of nitrogens with zero attached hydrogens (tertiary/aromatic N) is 2. The number of hydrogen-bond donors (Lipinski definition) is 3. The Bertz CT molecular complexity index is 1030.